The zero-order valence-electron chi connectivity index (χ0n) is 8.21. The molecule has 2 N–H and O–H groups in total. The summed E-state index contributed by atoms with van der Waals surface area (Å²) in [5, 5.41) is 18.3. The SMILES string of the molecule is O=C(O)c1cccc(C(=O)COCS)c1O. The second kappa shape index (κ2) is 5.53. The van der Waals surface area contributed by atoms with Gasteiger partial charge in [-0.3, -0.25) is 4.79 Å². The van der Waals surface area contributed by atoms with E-state index in [4.69, 9.17) is 9.84 Å². The lowest BCUT2D eigenvalue weighted by Gasteiger charge is -2.05. The van der Waals surface area contributed by atoms with Gasteiger partial charge in [0.15, 0.2) is 5.78 Å². The maximum absolute atomic E-state index is 11.5. The van der Waals surface area contributed by atoms with Crippen LogP contribution in [0.4, 0.5) is 0 Å². The zero-order chi connectivity index (χ0) is 12.1. The van der Waals surface area contributed by atoms with Crippen molar-refractivity contribution in [2.75, 3.05) is 12.5 Å². The highest BCUT2D eigenvalue weighted by Gasteiger charge is 2.17. The van der Waals surface area contributed by atoms with Crippen molar-refractivity contribution in [3.05, 3.63) is 29.3 Å². The number of phenols is 1. The Morgan fingerprint density at radius 3 is 2.50 bits per heavy atom. The van der Waals surface area contributed by atoms with Crippen molar-refractivity contribution in [1.29, 1.82) is 0 Å². The minimum absolute atomic E-state index is 0.0679. The first-order chi connectivity index (χ1) is 7.57. The Bertz CT molecular complexity index is 416. The van der Waals surface area contributed by atoms with Gasteiger partial charge in [-0.25, -0.2) is 4.79 Å². The van der Waals surface area contributed by atoms with Crippen LogP contribution in [0.25, 0.3) is 0 Å². The Balaban J connectivity index is 3.01. The van der Waals surface area contributed by atoms with Crippen LogP contribution < -0.4 is 0 Å². The number of ether oxygens (including phenoxy) is 1. The van der Waals surface area contributed by atoms with E-state index >= 15 is 0 Å². The van der Waals surface area contributed by atoms with Gasteiger partial charge in [-0.15, -0.1) is 0 Å². The summed E-state index contributed by atoms with van der Waals surface area (Å²) in [6, 6.07) is 3.94. The number of carbonyl (C=O) groups excluding carboxylic acids is 1. The molecule has 1 aromatic carbocycles. The third kappa shape index (κ3) is 2.74. The highest BCUT2D eigenvalue weighted by Crippen LogP contribution is 2.22. The Hall–Kier alpha value is -1.53. The van der Waals surface area contributed by atoms with Crippen LogP contribution in [0.5, 0.6) is 5.75 Å². The fourth-order valence-corrected chi connectivity index (χ4v) is 1.25. The smallest absolute Gasteiger partial charge is 0.339 e. The second-order valence-corrected chi connectivity index (χ2v) is 3.17. The maximum Gasteiger partial charge on any atom is 0.339 e. The van der Waals surface area contributed by atoms with E-state index in [0.29, 0.717) is 0 Å². The van der Waals surface area contributed by atoms with Gasteiger partial charge in [-0.1, -0.05) is 6.07 Å². The first kappa shape index (κ1) is 12.5. The van der Waals surface area contributed by atoms with Crippen LogP contribution in [0.3, 0.4) is 0 Å². The second-order valence-electron chi connectivity index (χ2n) is 2.91. The number of carboxylic acids is 1. The molecule has 1 rings (SSSR count). The number of carboxylic acid groups (broad SMARTS) is 1. The van der Waals surface area contributed by atoms with Crippen LogP contribution >= 0.6 is 12.6 Å². The zero-order valence-corrected chi connectivity index (χ0v) is 9.11. The number of aromatic carboxylic acids is 1. The lowest BCUT2D eigenvalue weighted by atomic mass is 10.1. The van der Waals surface area contributed by atoms with Gasteiger partial charge >= 0.3 is 5.97 Å². The minimum atomic E-state index is -1.29. The number of carbonyl (C=O) groups is 2. The highest BCUT2D eigenvalue weighted by molar-refractivity contribution is 7.80. The molecule has 0 aliphatic rings. The molecule has 5 nitrogen and oxygen atoms in total. The summed E-state index contributed by atoms with van der Waals surface area (Å²) in [5.41, 5.74) is -0.376. The minimum Gasteiger partial charge on any atom is -0.506 e. The monoisotopic (exact) mass is 242 g/mol. The molecule has 0 aromatic heterocycles. The number of aromatic hydroxyl groups is 1. The van der Waals surface area contributed by atoms with Gasteiger partial charge in [0.2, 0.25) is 0 Å². The van der Waals surface area contributed by atoms with Crippen molar-refractivity contribution in [3.63, 3.8) is 0 Å². The summed E-state index contributed by atoms with van der Waals surface area (Å²) < 4.78 is 4.76. The molecular weight excluding hydrogens is 232 g/mol. The van der Waals surface area contributed by atoms with Crippen molar-refractivity contribution >= 4 is 24.4 Å². The molecule has 86 valence electrons. The van der Waals surface area contributed by atoms with Gasteiger partial charge < -0.3 is 14.9 Å². The molecule has 6 heteroatoms. The van der Waals surface area contributed by atoms with Crippen LogP contribution in [-0.4, -0.2) is 34.5 Å². The van der Waals surface area contributed by atoms with E-state index < -0.39 is 17.5 Å². The molecule has 1 aromatic rings. The molecule has 0 radical (unpaired) electrons. The largest absolute Gasteiger partial charge is 0.506 e. The Morgan fingerprint density at radius 2 is 1.94 bits per heavy atom. The number of benzene rings is 1. The van der Waals surface area contributed by atoms with E-state index in [1.807, 2.05) is 0 Å². The molecule has 0 spiro atoms. The molecule has 16 heavy (non-hydrogen) atoms. The summed E-state index contributed by atoms with van der Waals surface area (Å²) in [6.45, 7) is -0.250. The number of hydrogen-bond acceptors (Lipinski definition) is 5. The summed E-state index contributed by atoms with van der Waals surface area (Å²) >= 11 is 3.76. The van der Waals surface area contributed by atoms with Crippen molar-refractivity contribution in [2.24, 2.45) is 0 Å². The van der Waals surface area contributed by atoms with Gasteiger partial charge in [0.25, 0.3) is 0 Å². The first-order valence-electron chi connectivity index (χ1n) is 4.35. The van der Waals surface area contributed by atoms with Crippen molar-refractivity contribution in [3.8, 4) is 5.75 Å². The molecule has 0 saturated carbocycles. The van der Waals surface area contributed by atoms with Gasteiger partial charge in [0.1, 0.15) is 17.9 Å². The summed E-state index contributed by atoms with van der Waals surface area (Å²) in [5.74, 6) is -2.25. The predicted molar refractivity (Wildman–Crippen MR) is 59.2 cm³/mol. The number of Topliss-reactive ketones (excluding diaryl/α,β-unsaturated/α-hetero) is 1. The molecule has 0 saturated heterocycles. The fraction of sp³-hybridized carbons (Fsp3) is 0.200. The third-order valence-corrected chi connectivity index (χ3v) is 2.07. The average Bonchev–Trinajstić information content (AvgIpc) is 2.25. The molecule has 0 aliphatic carbocycles. The lowest BCUT2D eigenvalue weighted by molar-refractivity contribution is 0.0693. The van der Waals surface area contributed by atoms with E-state index in [2.05, 4.69) is 12.6 Å². The Morgan fingerprint density at radius 1 is 1.31 bits per heavy atom. The predicted octanol–water partition coefficient (Wildman–Crippen LogP) is 1.18. The Labute approximate surface area is 97.1 Å². The normalized spacial score (nSPS) is 10.1. The molecule has 0 amide bonds. The topological polar surface area (TPSA) is 83.8 Å². The molecule has 0 atom stereocenters. The standard InChI is InChI=1S/C10H10O5S/c11-8(4-15-5-16)6-2-1-3-7(9(6)12)10(13)14/h1-3,12,16H,4-5H2,(H,13,14). The van der Waals surface area contributed by atoms with Gasteiger partial charge in [-0.05, 0) is 12.1 Å². The number of para-hydroxylation sites is 1. The number of ketones is 1. The molecule has 0 fully saturated rings. The summed E-state index contributed by atoms with van der Waals surface area (Å²) in [4.78, 5) is 22.2. The number of thiol groups is 1. The van der Waals surface area contributed by atoms with Gasteiger partial charge in [0, 0.05) is 0 Å². The summed E-state index contributed by atoms with van der Waals surface area (Å²) in [6.07, 6.45) is 0. The first-order valence-corrected chi connectivity index (χ1v) is 4.98. The van der Waals surface area contributed by atoms with Crippen molar-refractivity contribution in [2.45, 2.75) is 0 Å². The van der Waals surface area contributed by atoms with E-state index in [1.165, 1.54) is 18.2 Å². The molecule has 0 aliphatic heterocycles. The fourth-order valence-electron chi connectivity index (χ4n) is 1.16. The Kier molecular flexibility index (Phi) is 4.33. The van der Waals surface area contributed by atoms with E-state index in [-0.39, 0.29) is 23.7 Å². The highest BCUT2D eigenvalue weighted by atomic mass is 32.1. The molecule has 0 heterocycles. The molecular formula is C10H10O5S. The van der Waals surface area contributed by atoms with Gasteiger partial charge in [-0.2, -0.15) is 12.6 Å². The quantitative estimate of drug-likeness (QED) is 0.410. The van der Waals surface area contributed by atoms with Crippen LogP contribution in [-0.2, 0) is 4.74 Å². The third-order valence-electron chi connectivity index (χ3n) is 1.89. The van der Waals surface area contributed by atoms with Crippen LogP contribution in [0, 0.1) is 0 Å². The van der Waals surface area contributed by atoms with Crippen LogP contribution in [0.15, 0.2) is 18.2 Å². The lowest BCUT2D eigenvalue weighted by Crippen LogP contribution is -2.10. The van der Waals surface area contributed by atoms with Gasteiger partial charge in [0.05, 0.1) is 11.5 Å². The van der Waals surface area contributed by atoms with E-state index in [1.54, 1.807) is 0 Å². The van der Waals surface area contributed by atoms with E-state index in [9.17, 15) is 14.7 Å². The summed E-state index contributed by atoms with van der Waals surface area (Å²) in [7, 11) is 0. The number of rotatable bonds is 5. The number of hydrogen-bond donors (Lipinski definition) is 3. The average molecular weight is 242 g/mol. The molecule has 0 unspecified atom stereocenters. The van der Waals surface area contributed by atoms with Crippen LogP contribution in [0.1, 0.15) is 20.7 Å². The van der Waals surface area contributed by atoms with Crippen molar-refractivity contribution in [1.82, 2.24) is 0 Å². The van der Waals surface area contributed by atoms with Crippen molar-refractivity contribution < 1.29 is 24.5 Å². The van der Waals surface area contributed by atoms with Crippen LogP contribution in [0.2, 0.25) is 0 Å². The van der Waals surface area contributed by atoms with E-state index in [0.717, 1.165) is 0 Å². The molecule has 0 bridgehead atoms. The maximum atomic E-state index is 11.5.